The molecular formula is C30H32N6O3. The highest BCUT2D eigenvalue weighted by atomic mass is 16.6. The van der Waals surface area contributed by atoms with Gasteiger partial charge in [-0.3, -0.25) is 14.9 Å². The van der Waals surface area contributed by atoms with Gasteiger partial charge in [-0.15, -0.1) is 0 Å². The molecule has 9 nitrogen and oxygen atoms in total. The van der Waals surface area contributed by atoms with Crippen LogP contribution in [-0.4, -0.2) is 50.4 Å². The van der Waals surface area contributed by atoms with Crippen LogP contribution in [-0.2, 0) is 22.4 Å². The van der Waals surface area contributed by atoms with Crippen molar-refractivity contribution in [3.63, 3.8) is 0 Å². The quantitative estimate of drug-likeness (QED) is 0.372. The van der Waals surface area contributed by atoms with Crippen molar-refractivity contribution in [1.29, 1.82) is 0 Å². The standard InChI is InChI=1S/C30H32N6O3/c1-19-32-27(35-34-19)24-17-22(21-10-13-31-14-11-21)18-26-23(24)12-15-36(26)28(37)25(16-20-8-6-5-7-9-20)33-29(38)39-30(2,3)4/h5-11,13-14,17-18,25H,12,15-16H2,1-4H3,(H,33,38)(H,32,34,35)/t25-/m0/s1. The van der Waals surface area contributed by atoms with E-state index in [4.69, 9.17) is 4.74 Å². The molecule has 0 unspecified atom stereocenters. The van der Waals surface area contributed by atoms with Crippen LogP contribution in [0.3, 0.4) is 0 Å². The maximum atomic E-state index is 14.1. The van der Waals surface area contributed by atoms with E-state index >= 15 is 0 Å². The Morgan fingerprint density at radius 1 is 1.08 bits per heavy atom. The van der Waals surface area contributed by atoms with Crippen molar-refractivity contribution in [3.05, 3.63) is 83.9 Å². The number of anilines is 1. The van der Waals surface area contributed by atoms with Gasteiger partial charge < -0.3 is 15.0 Å². The van der Waals surface area contributed by atoms with Crippen LogP contribution in [0.2, 0.25) is 0 Å². The largest absolute Gasteiger partial charge is 0.444 e. The third-order valence-electron chi connectivity index (χ3n) is 6.49. The summed E-state index contributed by atoms with van der Waals surface area (Å²) in [7, 11) is 0. The fourth-order valence-electron chi connectivity index (χ4n) is 4.79. The van der Waals surface area contributed by atoms with Gasteiger partial charge in [-0.2, -0.15) is 5.10 Å². The van der Waals surface area contributed by atoms with E-state index in [1.165, 1.54) is 0 Å². The van der Waals surface area contributed by atoms with Gasteiger partial charge in [0.05, 0.1) is 0 Å². The van der Waals surface area contributed by atoms with Crippen molar-refractivity contribution < 1.29 is 14.3 Å². The van der Waals surface area contributed by atoms with E-state index in [0.29, 0.717) is 31.0 Å². The molecule has 1 aliphatic heterocycles. The van der Waals surface area contributed by atoms with E-state index in [1.54, 1.807) is 38.1 Å². The molecule has 2 amide bonds. The summed E-state index contributed by atoms with van der Waals surface area (Å²) in [6.07, 6.45) is 3.83. The van der Waals surface area contributed by atoms with Crippen LogP contribution in [0.15, 0.2) is 67.0 Å². The van der Waals surface area contributed by atoms with Crippen LogP contribution >= 0.6 is 0 Å². The second kappa shape index (κ2) is 10.7. The zero-order valence-corrected chi connectivity index (χ0v) is 22.6. The van der Waals surface area contributed by atoms with Crippen molar-refractivity contribution in [1.82, 2.24) is 25.5 Å². The number of H-pyrrole nitrogens is 1. The number of rotatable bonds is 6. The van der Waals surface area contributed by atoms with Gasteiger partial charge in [0.2, 0.25) is 5.91 Å². The Morgan fingerprint density at radius 2 is 1.82 bits per heavy atom. The van der Waals surface area contributed by atoms with E-state index in [9.17, 15) is 9.59 Å². The van der Waals surface area contributed by atoms with E-state index in [-0.39, 0.29) is 5.91 Å². The minimum atomic E-state index is -0.813. The van der Waals surface area contributed by atoms with Gasteiger partial charge in [-0.1, -0.05) is 30.3 Å². The van der Waals surface area contributed by atoms with Crippen molar-refractivity contribution in [2.24, 2.45) is 0 Å². The number of nitrogens with one attached hydrogen (secondary N) is 2. The Hall–Kier alpha value is -4.53. The Bertz CT molecular complexity index is 1480. The first kappa shape index (κ1) is 26.1. The van der Waals surface area contributed by atoms with Gasteiger partial charge in [-0.25, -0.2) is 9.78 Å². The molecule has 3 heterocycles. The predicted octanol–water partition coefficient (Wildman–Crippen LogP) is 4.87. The molecule has 1 atom stereocenters. The number of aromatic amines is 1. The first-order valence-electron chi connectivity index (χ1n) is 13.0. The highest BCUT2D eigenvalue weighted by Crippen LogP contribution is 2.39. The fraction of sp³-hybridized carbons (Fsp3) is 0.300. The molecule has 0 fully saturated rings. The lowest BCUT2D eigenvalue weighted by molar-refractivity contribution is -0.120. The molecule has 0 radical (unpaired) electrons. The normalized spacial score (nSPS) is 13.6. The summed E-state index contributed by atoms with van der Waals surface area (Å²) in [4.78, 5) is 37.4. The summed E-state index contributed by atoms with van der Waals surface area (Å²) >= 11 is 0. The van der Waals surface area contributed by atoms with Gasteiger partial charge in [0.25, 0.3) is 0 Å². The molecule has 5 rings (SSSR count). The lowest BCUT2D eigenvalue weighted by Gasteiger charge is -2.27. The van der Waals surface area contributed by atoms with Crippen molar-refractivity contribution in [2.45, 2.75) is 52.2 Å². The van der Waals surface area contributed by atoms with Gasteiger partial charge in [-0.05, 0) is 80.6 Å². The van der Waals surface area contributed by atoms with Crippen LogP contribution in [0.4, 0.5) is 10.5 Å². The molecule has 2 aromatic heterocycles. The third kappa shape index (κ3) is 5.98. The lowest BCUT2D eigenvalue weighted by atomic mass is 9.97. The van der Waals surface area contributed by atoms with Gasteiger partial charge in [0.1, 0.15) is 17.5 Å². The van der Waals surface area contributed by atoms with Gasteiger partial charge in [0.15, 0.2) is 5.82 Å². The second-order valence-corrected chi connectivity index (χ2v) is 10.6. The maximum Gasteiger partial charge on any atom is 0.408 e. The van der Waals surface area contributed by atoms with Crippen LogP contribution in [0.1, 0.15) is 37.7 Å². The summed E-state index contributed by atoms with van der Waals surface area (Å²) in [5.74, 6) is 1.10. The van der Waals surface area contributed by atoms with Crippen LogP contribution in [0.25, 0.3) is 22.5 Å². The molecule has 9 heteroatoms. The number of fused-ring (bicyclic) bond motifs is 1. The summed E-state index contributed by atoms with van der Waals surface area (Å²) in [5.41, 5.74) is 4.80. The first-order valence-corrected chi connectivity index (χ1v) is 13.0. The Kier molecular flexibility index (Phi) is 7.15. The zero-order chi connectivity index (χ0) is 27.6. The topological polar surface area (TPSA) is 113 Å². The Labute approximate surface area is 227 Å². The van der Waals surface area contributed by atoms with Crippen LogP contribution in [0.5, 0.6) is 0 Å². The van der Waals surface area contributed by atoms with Gasteiger partial charge >= 0.3 is 6.09 Å². The zero-order valence-electron chi connectivity index (χ0n) is 22.6. The Balaban J connectivity index is 1.54. The molecule has 2 N–H and O–H groups in total. The highest BCUT2D eigenvalue weighted by Gasteiger charge is 2.34. The molecule has 0 saturated heterocycles. The number of hydrogen-bond acceptors (Lipinski definition) is 6. The molecule has 4 aromatic rings. The van der Waals surface area contributed by atoms with Crippen molar-refractivity contribution in [3.8, 4) is 22.5 Å². The number of carbonyl (C=O) groups excluding carboxylic acids is 2. The number of carbonyl (C=O) groups is 2. The average molecular weight is 525 g/mol. The molecule has 0 aliphatic carbocycles. The number of amides is 2. The molecule has 0 saturated carbocycles. The number of aryl methyl sites for hydroxylation is 1. The minimum absolute atomic E-state index is 0.201. The molecule has 2 aromatic carbocycles. The van der Waals surface area contributed by atoms with E-state index in [1.807, 2.05) is 55.5 Å². The Morgan fingerprint density at radius 3 is 2.49 bits per heavy atom. The predicted molar refractivity (Wildman–Crippen MR) is 149 cm³/mol. The molecule has 0 bridgehead atoms. The summed E-state index contributed by atoms with van der Waals surface area (Å²) < 4.78 is 5.50. The number of aromatic nitrogens is 4. The number of ether oxygens (including phenoxy) is 1. The number of alkyl carbamates (subject to hydrolysis) is 1. The second-order valence-electron chi connectivity index (χ2n) is 10.6. The molecule has 39 heavy (non-hydrogen) atoms. The number of pyridine rings is 1. The van der Waals surface area contributed by atoms with E-state index in [0.717, 1.165) is 33.5 Å². The summed E-state index contributed by atoms with van der Waals surface area (Å²) in [6.45, 7) is 7.72. The fourth-order valence-corrected chi connectivity index (χ4v) is 4.79. The monoisotopic (exact) mass is 524 g/mol. The molecule has 1 aliphatic rings. The first-order chi connectivity index (χ1) is 18.7. The maximum absolute atomic E-state index is 14.1. The van der Waals surface area contributed by atoms with Crippen LogP contribution < -0.4 is 10.2 Å². The summed E-state index contributed by atoms with van der Waals surface area (Å²) in [6, 6.07) is 16.8. The lowest BCUT2D eigenvalue weighted by Crippen LogP contribution is -2.50. The summed E-state index contributed by atoms with van der Waals surface area (Å²) in [5, 5.41) is 10.2. The number of nitrogens with zero attached hydrogens (tertiary/aromatic N) is 4. The third-order valence-corrected chi connectivity index (χ3v) is 6.49. The van der Waals surface area contributed by atoms with Crippen molar-refractivity contribution in [2.75, 3.05) is 11.4 Å². The molecule has 0 spiro atoms. The average Bonchev–Trinajstić information content (AvgIpc) is 3.53. The van der Waals surface area contributed by atoms with Gasteiger partial charge in [0, 0.05) is 36.6 Å². The molecular weight excluding hydrogens is 492 g/mol. The number of hydrogen-bond donors (Lipinski definition) is 2. The van der Waals surface area contributed by atoms with Crippen molar-refractivity contribution >= 4 is 17.7 Å². The highest BCUT2D eigenvalue weighted by molar-refractivity contribution is 6.02. The van der Waals surface area contributed by atoms with E-state index in [2.05, 4.69) is 31.5 Å². The SMILES string of the molecule is Cc1nc(-c2cc(-c3ccncc3)cc3c2CCN3C(=O)[C@H](Cc2ccccc2)NC(=O)OC(C)(C)C)n[nH]1. The van der Waals surface area contributed by atoms with Crippen LogP contribution in [0, 0.1) is 6.92 Å². The smallest absolute Gasteiger partial charge is 0.408 e. The molecule has 200 valence electrons. The minimum Gasteiger partial charge on any atom is -0.444 e. The number of benzene rings is 2. The van der Waals surface area contributed by atoms with E-state index < -0.39 is 17.7 Å².